The van der Waals surface area contributed by atoms with Crippen molar-refractivity contribution in [2.45, 2.75) is 19.8 Å². The highest BCUT2D eigenvalue weighted by atomic mass is 19.1. The lowest BCUT2D eigenvalue weighted by Crippen LogP contribution is -2.18. The van der Waals surface area contributed by atoms with Gasteiger partial charge in [0.1, 0.15) is 11.6 Å². The fourth-order valence-electron chi connectivity index (χ4n) is 2.76. The van der Waals surface area contributed by atoms with Crippen LogP contribution >= 0.6 is 0 Å². The van der Waals surface area contributed by atoms with Crippen LogP contribution in [0.25, 0.3) is 5.57 Å². The summed E-state index contributed by atoms with van der Waals surface area (Å²) in [6, 6.07) is 3.88. The van der Waals surface area contributed by atoms with E-state index in [-0.39, 0.29) is 5.83 Å². The van der Waals surface area contributed by atoms with Crippen LogP contribution in [0.5, 0.6) is 0 Å². The molecule has 3 nitrogen and oxygen atoms in total. The van der Waals surface area contributed by atoms with Crippen molar-refractivity contribution in [3.8, 4) is 0 Å². The van der Waals surface area contributed by atoms with Gasteiger partial charge in [0.15, 0.2) is 0 Å². The summed E-state index contributed by atoms with van der Waals surface area (Å²) in [6.07, 6.45) is 8.69. The molecule has 0 bridgehead atoms. The Morgan fingerprint density at radius 2 is 2.00 bits per heavy atom. The third-order valence-corrected chi connectivity index (χ3v) is 3.93. The first-order valence-corrected chi connectivity index (χ1v) is 7.25. The molecule has 0 amide bonds. The molecule has 1 fully saturated rings. The Bertz CT molecular complexity index is 647. The van der Waals surface area contributed by atoms with Crippen LogP contribution in [0.3, 0.4) is 0 Å². The highest BCUT2D eigenvalue weighted by Gasteiger charge is 2.18. The maximum atomic E-state index is 13.7. The monoisotopic (exact) mass is 283 g/mol. The molecule has 0 aromatic carbocycles. The number of hydrogen-bond acceptors (Lipinski definition) is 3. The molecule has 1 aromatic rings. The van der Waals surface area contributed by atoms with Gasteiger partial charge in [-0.2, -0.15) is 0 Å². The van der Waals surface area contributed by atoms with E-state index in [1.54, 1.807) is 12.3 Å². The van der Waals surface area contributed by atoms with E-state index in [4.69, 9.17) is 5.41 Å². The van der Waals surface area contributed by atoms with Crippen LogP contribution in [-0.4, -0.2) is 23.8 Å². The van der Waals surface area contributed by atoms with Gasteiger partial charge in [-0.3, -0.25) is 5.41 Å². The molecule has 1 saturated heterocycles. The third-order valence-electron chi connectivity index (χ3n) is 3.93. The van der Waals surface area contributed by atoms with Gasteiger partial charge >= 0.3 is 0 Å². The van der Waals surface area contributed by atoms with E-state index in [0.29, 0.717) is 16.9 Å². The van der Waals surface area contributed by atoms with Crippen molar-refractivity contribution in [3.63, 3.8) is 0 Å². The number of aromatic nitrogens is 1. The predicted molar refractivity (Wildman–Crippen MR) is 84.3 cm³/mol. The molecule has 3 rings (SSSR count). The molecule has 1 N–H and O–H groups in total. The molecular weight excluding hydrogens is 265 g/mol. The van der Waals surface area contributed by atoms with E-state index < -0.39 is 0 Å². The van der Waals surface area contributed by atoms with Gasteiger partial charge in [0.2, 0.25) is 0 Å². The first-order valence-electron chi connectivity index (χ1n) is 7.25. The molecule has 2 heterocycles. The number of anilines is 1. The van der Waals surface area contributed by atoms with Gasteiger partial charge in [-0.05, 0) is 49.6 Å². The van der Waals surface area contributed by atoms with Crippen molar-refractivity contribution in [2.75, 3.05) is 18.0 Å². The van der Waals surface area contributed by atoms with Gasteiger partial charge < -0.3 is 4.90 Å². The zero-order chi connectivity index (χ0) is 14.8. The fourth-order valence-corrected chi connectivity index (χ4v) is 2.76. The lowest BCUT2D eigenvalue weighted by atomic mass is 9.92. The topological polar surface area (TPSA) is 40.0 Å². The molecule has 21 heavy (non-hydrogen) atoms. The van der Waals surface area contributed by atoms with Gasteiger partial charge in [0, 0.05) is 30.4 Å². The van der Waals surface area contributed by atoms with Crippen LogP contribution in [0.4, 0.5) is 10.2 Å². The maximum absolute atomic E-state index is 13.7. The summed E-state index contributed by atoms with van der Waals surface area (Å²) in [7, 11) is 0. The summed E-state index contributed by atoms with van der Waals surface area (Å²) in [6.45, 7) is 3.90. The van der Waals surface area contributed by atoms with E-state index in [1.807, 2.05) is 19.1 Å². The molecule has 0 spiro atoms. The molecule has 2 aliphatic rings. The van der Waals surface area contributed by atoms with Crippen molar-refractivity contribution in [1.82, 2.24) is 4.98 Å². The Morgan fingerprint density at radius 3 is 2.62 bits per heavy atom. The van der Waals surface area contributed by atoms with E-state index in [2.05, 4.69) is 9.88 Å². The van der Waals surface area contributed by atoms with E-state index in [1.165, 1.54) is 25.0 Å². The Morgan fingerprint density at radius 1 is 1.24 bits per heavy atom. The van der Waals surface area contributed by atoms with Gasteiger partial charge in [-0.25, -0.2) is 9.37 Å². The SMILES string of the molecule is C/C=C1/C=C(F)C=C(c2ccc(N3CCCC3)nc2)C1=N. The van der Waals surface area contributed by atoms with Crippen molar-refractivity contribution in [1.29, 1.82) is 5.41 Å². The fraction of sp³-hybridized carbons (Fsp3) is 0.294. The number of rotatable bonds is 2. The second-order valence-corrected chi connectivity index (χ2v) is 5.31. The number of pyridine rings is 1. The molecule has 108 valence electrons. The number of nitrogens with zero attached hydrogens (tertiary/aromatic N) is 2. The van der Waals surface area contributed by atoms with E-state index >= 15 is 0 Å². The minimum absolute atomic E-state index is 0.322. The number of halogens is 1. The zero-order valence-electron chi connectivity index (χ0n) is 12.1. The van der Waals surface area contributed by atoms with Crippen LogP contribution in [0.1, 0.15) is 25.3 Å². The zero-order valence-corrected chi connectivity index (χ0v) is 12.1. The summed E-state index contributed by atoms with van der Waals surface area (Å²) in [5.41, 5.74) is 2.32. The first kappa shape index (κ1) is 13.7. The Labute approximate surface area is 124 Å². The molecule has 0 radical (unpaired) electrons. The summed E-state index contributed by atoms with van der Waals surface area (Å²) in [5, 5.41) is 8.17. The van der Waals surface area contributed by atoms with Gasteiger partial charge in [0.25, 0.3) is 0 Å². The summed E-state index contributed by atoms with van der Waals surface area (Å²) in [5.74, 6) is 0.638. The van der Waals surface area contributed by atoms with Gasteiger partial charge in [-0.15, -0.1) is 0 Å². The average molecular weight is 283 g/mol. The molecular formula is C17H18FN3. The smallest absolute Gasteiger partial charge is 0.128 e. The highest BCUT2D eigenvalue weighted by molar-refractivity contribution is 6.32. The quantitative estimate of drug-likeness (QED) is 0.894. The van der Waals surface area contributed by atoms with Crippen LogP contribution in [0.15, 0.2) is 48.0 Å². The molecule has 1 aliphatic carbocycles. The van der Waals surface area contributed by atoms with Crippen LogP contribution in [-0.2, 0) is 0 Å². The van der Waals surface area contributed by atoms with Crippen molar-refractivity contribution in [2.24, 2.45) is 0 Å². The maximum Gasteiger partial charge on any atom is 0.128 e. The summed E-state index contributed by atoms with van der Waals surface area (Å²) in [4.78, 5) is 6.73. The first-order chi connectivity index (χ1) is 10.2. The second kappa shape index (κ2) is 5.64. The number of nitrogens with one attached hydrogen (secondary N) is 1. The van der Waals surface area contributed by atoms with Crippen LogP contribution in [0, 0.1) is 5.41 Å². The molecule has 4 heteroatoms. The standard InChI is InChI=1S/C17H18FN3/c1-2-12-9-14(18)10-15(17(12)19)13-5-6-16(20-11-13)21-7-3-4-8-21/h2,5-6,9-11,19H,3-4,7-8H2,1H3/b12-2-,19-17?. The van der Waals surface area contributed by atoms with E-state index in [9.17, 15) is 4.39 Å². The van der Waals surface area contributed by atoms with Crippen LogP contribution in [0.2, 0.25) is 0 Å². The molecule has 1 aromatic heterocycles. The van der Waals surface area contributed by atoms with Gasteiger partial charge in [0.05, 0.1) is 5.71 Å². The normalized spacial score (nSPS) is 20.8. The lowest BCUT2D eigenvalue weighted by molar-refractivity contribution is 0.666. The van der Waals surface area contributed by atoms with Crippen molar-refractivity contribution in [3.05, 3.63) is 53.5 Å². The Kier molecular flexibility index (Phi) is 3.69. The molecule has 0 atom stereocenters. The Hall–Kier alpha value is -2.23. The highest BCUT2D eigenvalue weighted by Crippen LogP contribution is 2.28. The molecule has 0 saturated carbocycles. The Balaban J connectivity index is 1.90. The van der Waals surface area contributed by atoms with Crippen molar-refractivity contribution >= 4 is 17.1 Å². The largest absolute Gasteiger partial charge is 0.357 e. The number of allylic oxidation sites excluding steroid dienone is 6. The molecule has 0 unspecified atom stereocenters. The second-order valence-electron chi connectivity index (χ2n) is 5.31. The minimum atomic E-state index is -0.322. The van der Waals surface area contributed by atoms with E-state index in [0.717, 1.165) is 24.5 Å². The third kappa shape index (κ3) is 2.66. The predicted octanol–water partition coefficient (Wildman–Crippen LogP) is 3.90. The number of hydrogen-bond donors (Lipinski definition) is 1. The summed E-state index contributed by atoms with van der Waals surface area (Å²) >= 11 is 0. The summed E-state index contributed by atoms with van der Waals surface area (Å²) < 4.78 is 13.7. The minimum Gasteiger partial charge on any atom is -0.357 e. The van der Waals surface area contributed by atoms with Crippen molar-refractivity contribution < 1.29 is 4.39 Å². The molecule has 1 aliphatic heterocycles. The van der Waals surface area contributed by atoms with Crippen LogP contribution < -0.4 is 4.90 Å². The average Bonchev–Trinajstić information content (AvgIpc) is 3.04. The van der Waals surface area contributed by atoms with Gasteiger partial charge in [-0.1, -0.05) is 6.08 Å². The lowest BCUT2D eigenvalue weighted by Gasteiger charge is -2.18.